The average molecular weight is 442 g/mol. The van der Waals surface area contributed by atoms with E-state index < -0.39 is 24.9 Å². The number of Topliss-reactive ketones (excluding diaryl/α,β-unsaturated/α-hetero) is 1. The predicted molar refractivity (Wildman–Crippen MR) is 120 cm³/mol. The summed E-state index contributed by atoms with van der Waals surface area (Å²) in [7, 11) is -1.74. The molecule has 0 saturated carbocycles. The Morgan fingerprint density at radius 3 is 2.47 bits per heavy atom. The number of amides is 1. The lowest BCUT2D eigenvalue weighted by molar-refractivity contribution is -0.123. The number of hydrogen-bond acceptors (Lipinski definition) is 5. The molecule has 0 radical (unpaired) electrons. The largest absolute Gasteiger partial charge is 0.475 e. The highest BCUT2D eigenvalue weighted by atomic mass is 35.5. The second kappa shape index (κ2) is 10.5. The maximum absolute atomic E-state index is 13.1. The monoisotopic (exact) mass is 441 g/mol. The van der Waals surface area contributed by atoms with Crippen molar-refractivity contribution in [3.8, 4) is 0 Å². The highest BCUT2D eigenvalue weighted by Crippen LogP contribution is 2.25. The summed E-state index contributed by atoms with van der Waals surface area (Å²) >= 11 is 7.59. The Morgan fingerprint density at radius 2 is 1.83 bits per heavy atom. The van der Waals surface area contributed by atoms with Gasteiger partial charge in [0.2, 0.25) is 5.91 Å². The van der Waals surface area contributed by atoms with Gasteiger partial charge in [-0.05, 0) is 46.5 Å². The van der Waals surface area contributed by atoms with Gasteiger partial charge in [0.1, 0.15) is 0 Å². The van der Waals surface area contributed by atoms with Gasteiger partial charge in [-0.1, -0.05) is 54.1 Å². The minimum absolute atomic E-state index is 0.0666. The third kappa shape index (κ3) is 6.03. The third-order valence-electron chi connectivity index (χ3n) is 4.78. The van der Waals surface area contributed by atoms with Crippen LogP contribution in [0, 0.1) is 0 Å². The summed E-state index contributed by atoms with van der Waals surface area (Å²) in [5.74, 6) is -2.37. The second-order valence-corrected chi connectivity index (χ2v) is 8.18. The topological polar surface area (TPSA) is 86.6 Å². The van der Waals surface area contributed by atoms with E-state index in [0.29, 0.717) is 16.1 Å². The molecular weight excluding hydrogens is 421 g/mol. The summed E-state index contributed by atoms with van der Waals surface area (Å²) in [6.07, 6.45) is 0.199. The van der Waals surface area contributed by atoms with Crippen LogP contribution in [0.3, 0.4) is 0 Å². The number of halogens is 1. The van der Waals surface area contributed by atoms with Crippen LogP contribution in [-0.2, 0) is 11.2 Å². The van der Waals surface area contributed by atoms with Crippen molar-refractivity contribution in [2.75, 3.05) is 0 Å². The molecule has 0 aliphatic carbocycles. The molecule has 2 atom stereocenters. The molecule has 0 saturated heterocycles. The summed E-state index contributed by atoms with van der Waals surface area (Å²) in [5.41, 5.74) is 1.98. The van der Waals surface area contributed by atoms with Crippen LogP contribution in [0.5, 0.6) is 0 Å². The van der Waals surface area contributed by atoms with E-state index in [4.69, 9.17) is 11.6 Å². The van der Waals surface area contributed by atoms with Gasteiger partial charge in [0.15, 0.2) is 5.78 Å². The average Bonchev–Trinajstić information content (AvgIpc) is 3.25. The van der Waals surface area contributed by atoms with E-state index in [1.165, 1.54) is 11.3 Å². The van der Waals surface area contributed by atoms with Gasteiger partial charge in [0.05, 0.1) is 11.9 Å². The maximum atomic E-state index is 13.1. The van der Waals surface area contributed by atoms with Gasteiger partial charge in [-0.2, -0.15) is 11.3 Å². The Balaban J connectivity index is 1.82. The van der Waals surface area contributed by atoms with Crippen LogP contribution in [-0.4, -0.2) is 34.8 Å². The molecule has 3 aromatic rings. The first-order valence-electron chi connectivity index (χ1n) is 9.45. The molecule has 30 heavy (non-hydrogen) atoms. The number of rotatable bonds is 9. The van der Waals surface area contributed by atoms with Gasteiger partial charge < -0.3 is 15.4 Å². The van der Waals surface area contributed by atoms with Gasteiger partial charge in [0.25, 0.3) is 0 Å². The molecular formula is C22H21BClNO4S. The van der Waals surface area contributed by atoms with Gasteiger partial charge in [-0.15, -0.1) is 0 Å². The van der Waals surface area contributed by atoms with Gasteiger partial charge in [-0.3, -0.25) is 9.59 Å². The first kappa shape index (κ1) is 22.2. The highest BCUT2D eigenvalue weighted by molar-refractivity contribution is 7.07. The molecule has 2 aromatic carbocycles. The van der Waals surface area contributed by atoms with Crippen LogP contribution in [0.2, 0.25) is 5.02 Å². The molecule has 1 amide bonds. The van der Waals surface area contributed by atoms with Crippen molar-refractivity contribution in [3.05, 3.63) is 93.1 Å². The summed E-state index contributed by atoms with van der Waals surface area (Å²) in [6, 6.07) is 17.4. The van der Waals surface area contributed by atoms with E-state index in [9.17, 15) is 19.6 Å². The van der Waals surface area contributed by atoms with Crippen molar-refractivity contribution in [3.63, 3.8) is 0 Å². The number of carbonyl (C=O) groups excluding carboxylic acids is 2. The fraction of sp³-hybridized carbons (Fsp3) is 0.182. The van der Waals surface area contributed by atoms with Crippen LogP contribution in [0.15, 0.2) is 71.4 Å². The number of nitrogens with one attached hydrogen (secondary N) is 1. The fourth-order valence-electron chi connectivity index (χ4n) is 3.19. The van der Waals surface area contributed by atoms with Crippen molar-refractivity contribution in [2.24, 2.45) is 0 Å². The van der Waals surface area contributed by atoms with Crippen LogP contribution >= 0.6 is 22.9 Å². The van der Waals surface area contributed by atoms with Crippen molar-refractivity contribution in [1.82, 2.24) is 5.32 Å². The lowest BCUT2D eigenvalue weighted by atomic mass is 9.75. The smallest absolute Gasteiger partial charge is 0.426 e. The van der Waals surface area contributed by atoms with Crippen LogP contribution in [0.1, 0.15) is 33.8 Å². The quantitative estimate of drug-likeness (QED) is 0.350. The first-order valence-corrected chi connectivity index (χ1v) is 10.8. The molecule has 0 bridgehead atoms. The molecule has 1 unspecified atom stereocenters. The highest BCUT2D eigenvalue weighted by Gasteiger charge is 2.31. The molecule has 5 nitrogen and oxygen atoms in total. The Bertz CT molecular complexity index is 982. The normalized spacial score (nSPS) is 12.8. The van der Waals surface area contributed by atoms with Crippen molar-refractivity contribution >= 4 is 41.7 Å². The molecule has 0 aliphatic heterocycles. The van der Waals surface area contributed by atoms with E-state index >= 15 is 0 Å². The fourth-order valence-corrected chi connectivity index (χ4v) is 4.07. The number of ketones is 1. The van der Waals surface area contributed by atoms with Crippen LogP contribution in [0.4, 0.5) is 0 Å². The zero-order valence-electron chi connectivity index (χ0n) is 16.1. The second-order valence-electron chi connectivity index (χ2n) is 6.97. The molecule has 0 spiro atoms. The van der Waals surface area contributed by atoms with Gasteiger partial charge >= 0.3 is 7.12 Å². The standard InChI is InChI=1S/C22H21BClNO4S/c24-18-8-4-7-17(12-18)19(13-20(26)16-5-2-1-3-6-16)22(27)25-21(23(28)29)11-15-9-10-30-14-15/h1-10,12,14,19,21,28-29H,11,13H2,(H,25,27)/t19-,21?/m1/s1. The molecule has 154 valence electrons. The number of hydrogen-bond donors (Lipinski definition) is 3. The molecule has 1 heterocycles. The SMILES string of the molecule is O=C(C[C@@H](C(=O)NC(Cc1ccsc1)B(O)O)c1cccc(Cl)c1)c1ccccc1. The zero-order chi connectivity index (χ0) is 21.5. The van der Waals surface area contributed by atoms with Crippen molar-refractivity contribution in [2.45, 2.75) is 24.7 Å². The zero-order valence-corrected chi connectivity index (χ0v) is 17.6. The van der Waals surface area contributed by atoms with Crippen molar-refractivity contribution < 1.29 is 19.6 Å². The summed E-state index contributed by atoms with van der Waals surface area (Å²) < 4.78 is 0. The Hall–Kier alpha value is -2.45. The van der Waals surface area contributed by atoms with E-state index in [-0.39, 0.29) is 18.6 Å². The van der Waals surface area contributed by atoms with E-state index in [0.717, 1.165) is 5.56 Å². The van der Waals surface area contributed by atoms with E-state index in [1.54, 1.807) is 48.5 Å². The Kier molecular flexibility index (Phi) is 7.82. The lowest BCUT2D eigenvalue weighted by Crippen LogP contribution is -2.49. The molecule has 3 N–H and O–H groups in total. The van der Waals surface area contributed by atoms with E-state index in [1.807, 2.05) is 22.9 Å². The summed E-state index contributed by atoms with van der Waals surface area (Å²) in [4.78, 5) is 25.9. The Morgan fingerprint density at radius 1 is 1.07 bits per heavy atom. The summed E-state index contributed by atoms with van der Waals surface area (Å²) in [6.45, 7) is 0. The Labute approximate surface area is 184 Å². The number of thiophene rings is 1. The van der Waals surface area contributed by atoms with Gasteiger partial charge in [0, 0.05) is 17.0 Å². The first-order chi connectivity index (χ1) is 14.4. The summed E-state index contributed by atoms with van der Waals surface area (Å²) in [5, 5.41) is 26.5. The molecule has 1 aromatic heterocycles. The molecule has 0 aliphatic rings. The lowest BCUT2D eigenvalue weighted by Gasteiger charge is -2.22. The molecule has 8 heteroatoms. The van der Waals surface area contributed by atoms with Crippen LogP contribution < -0.4 is 5.32 Å². The maximum Gasteiger partial charge on any atom is 0.475 e. The van der Waals surface area contributed by atoms with Crippen molar-refractivity contribution in [1.29, 1.82) is 0 Å². The minimum atomic E-state index is -1.74. The minimum Gasteiger partial charge on any atom is -0.426 e. The molecule has 3 rings (SSSR count). The predicted octanol–water partition coefficient (Wildman–Crippen LogP) is 3.50. The third-order valence-corrected chi connectivity index (χ3v) is 5.74. The van der Waals surface area contributed by atoms with Crippen LogP contribution in [0.25, 0.3) is 0 Å². The molecule has 0 fully saturated rings. The number of carbonyl (C=O) groups is 2. The number of benzene rings is 2. The van der Waals surface area contributed by atoms with Gasteiger partial charge in [-0.25, -0.2) is 0 Å². The van der Waals surface area contributed by atoms with E-state index in [2.05, 4.69) is 5.32 Å².